The molecule has 0 unspecified atom stereocenters. The van der Waals surface area contributed by atoms with Gasteiger partial charge in [-0.2, -0.15) is 0 Å². The van der Waals surface area contributed by atoms with Crippen LogP contribution in [0.15, 0.2) is 41.2 Å². The predicted molar refractivity (Wildman–Crippen MR) is 117 cm³/mol. The van der Waals surface area contributed by atoms with Crippen molar-refractivity contribution >= 4 is 28.7 Å². The number of hydrogen-bond donors (Lipinski definition) is 2. The van der Waals surface area contributed by atoms with Crippen molar-refractivity contribution in [2.24, 2.45) is 0 Å². The zero-order valence-corrected chi connectivity index (χ0v) is 17.7. The van der Waals surface area contributed by atoms with Crippen molar-refractivity contribution in [3.8, 4) is 11.5 Å². The van der Waals surface area contributed by atoms with Crippen LogP contribution in [0.4, 0.5) is 4.79 Å². The molecule has 0 saturated carbocycles. The van der Waals surface area contributed by atoms with Crippen molar-refractivity contribution in [1.82, 2.24) is 19.8 Å². The van der Waals surface area contributed by atoms with Crippen LogP contribution in [-0.4, -0.2) is 46.8 Å². The maximum Gasteiger partial charge on any atom is 0.326 e. The summed E-state index contributed by atoms with van der Waals surface area (Å²) in [6.07, 6.45) is 1.45. The van der Waals surface area contributed by atoms with E-state index in [1.807, 2.05) is 34.9 Å². The Labute approximate surface area is 183 Å². The van der Waals surface area contributed by atoms with E-state index in [2.05, 4.69) is 10.3 Å². The number of piperidine rings is 1. The molecule has 5 rings (SSSR count). The van der Waals surface area contributed by atoms with E-state index in [0.29, 0.717) is 49.4 Å². The first kappa shape index (κ1) is 19.8. The van der Waals surface area contributed by atoms with Gasteiger partial charge in [-0.3, -0.25) is 4.57 Å². The molecule has 8 nitrogen and oxygen atoms in total. The molecule has 2 aliphatic rings. The number of likely N-dealkylation sites (tertiary alicyclic amines) is 1. The van der Waals surface area contributed by atoms with E-state index in [9.17, 15) is 9.59 Å². The molecule has 2 N–H and O–H groups in total. The third-order valence-corrected chi connectivity index (χ3v) is 6.12. The molecule has 162 valence electrons. The highest BCUT2D eigenvalue weighted by Gasteiger charge is 2.26. The number of rotatable bonds is 3. The number of para-hydroxylation sites is 2. The molecule has 1 fully saturated rings. The monoisotopic (exact) mass is 442 g/mol. The molecule has 0 spiro atoms. The predicted octanol–water partition coefficient (Wildman–Crippen LogP) is 3.30. The third kappa shape index (κ3) is 3.83. The molecule has 0 bridgehead atoms. The molecule has 1 saturated heterocycles. The Balaban J connectivity index is 1.20. The Bertz CT molecular complexity index is 1180. The molecule has 0 aliphatic carbocycles. The molecule has 9 heteroatoms. The van der Waals surface area contributed by atoms with Crippen LogP contribution >= 0.6 is 11.6 Å². The summed E-state index contributed by atoms with van der Waals surface area (Å²) in [5, 5.41) is 3.43. The number of urea groups is 1. The van der Waals surface area contributed by atoms with Gasteiger partial charge in [-0.25, -0.2) is 9.59 Å². The number of imidazole rings is 1. The number of ether oxygens (including phenoxy) is 2. The topological polar surface area (TPSA) is 88.6 Å². The van der Waals surface area contributed by atoms with E-state index >= 15 is 0 Å². The fourth-order valence-corrected chi connectivity index (χ4v) is 4.61. The quantitative estimate of drug-likeness (QED) is 0.651. The van der Waals surface area contributed by atoms with Crippen molar-refractivity contribution < 1.29 is 14.3 Å². The molecule has 2 aromatic carbocycles. The lowest BCUT2D eigenvalue weighted by molar-refractivity contribution is 0.170. The molecule has 3 aromatic rings. The van der Waals surface area contributed by atoms with Crippen LogP contribution in [-0.2, 0) is 6.54 Å². The van der Waals surface area contributed by atoms with Gasteiger partial charge in [-0.15, -0.1) is 0 Å². The standard InChI is InChI=1S/C22H23ClN4O4/c23-16-11-14(12-19-20(16)31-10-9-30-19)13-24-21(28)26-7-5-15(6-8-26)27-18-4-2-1-3-17(18)25-22(27)29/h1-4,11-12,15H,5-10,13H2,(H,24,28)(H,25,29). The van der Waals surface area contributed by atoms with Crippen LogP contribution in [0.5, 0.6) is 11.5 Å². The first-order valence-electron chi connectivity index (χ1n) is 10.4. The Morgan fingerprint density at radius 2 is 1.94 bits per heavy atom. The molecular weight excluding hydrogens is 420 g/mol. The summed E-state index contributed by atoms with van der Waals surface area (Å²) in [5.74, 6) is 1.16. The fourth-order valence-electron chi connectivity index (χ4n) is 4.32. The average Bonchev–Trinajstić information content (AvgIpc) is 3.13. The zero-order chi connectivity index (χ0) is 21.4. The van der Waals surface area contributed by atoms with Gasteiger partial charge in [0.05, 0.1) is 16.1 Å². The number of aromatic nitrogens is 2. The molecule has 2 amide bonds. The highest BCUT2D eigenvalue weighted by Crippen LogP contribution is 2.38. The Kier molecular flexibility index (Phi) is 5.23. The molecule has 1 aromatic heterocycles. The summed E-state index contributed by atoms with van der Waals surface area (Å²) >= 11 is 6.27. The number of fused-ring (bicyclic) bond motifs is 2. The summed E-state index contributed by atoms with van der Waals surface area (Å²) in [6, 6.07) is 11.3. The molecule has 2 aliphatic heterocycles. The fraction of sp³-hybridized carbons (Fsp3) is 0.364. The number of aromatic amines is 1. The lowest BCUT2D eigenvalue weighted by Crippen LogP contribution is -2.45. The second-order valence-electron chi connectivity index (χ2n) is 7.80. The molecule has 0 radical (unpaired) electrons. The second kappa shape index (κ2) is 8.19. The number of hydrogen-bond acceptors (Lipinski definition) is 4. The lowest BCUT2D eigenvalue weighted by atomic mass is 10.0. The summed E-state index contributed by atoms with van der Waals surface area (Å²) in [7, 11) is 0. The van der Waals surface area contributed by atoms with Gasteiger partial charge in [-0.05, 0) is 42.7 Å². The number of nitrogens with one attached hydrogen (secondary N) is 2. The van der Waals surface area contributed by atoms with Crippen LogP contribution in [0, 0.1) is 0 Å². The lowest BCUT2D eigenvalue weighted by Gasteiger charge is -2.32. The van der Waals surface area contributed by atoms with Crippen LogP contribution in [0.3, 0.4) is 0 Å². The second-order valence-corrected chi connectivity index (χ2v) is 8.20. The average molecular weight is 443 g/mol. The van der Waals surface area contributed by atoms with E-state index in [1.54, 1.807) is 11.0 Å². The van der Waals surface area contributed by atoms with Crippen molar-refractivity contribution in [3.05, 3.63) is 57.5 Å². The van der Waals surface area contributed by atoms with Crippen molar-refractivity contribution in [2.45, 2.75) is 25.4 Å². The highest BCUT2D eigenvalue weighted by atomic mass is 35.5. The first-order chi connectivity index (χ1) is 15.1. The van der Waals surface area contributed by atoms with Gasteiger partial charge < -0.3 is 24.7 Å². The van der Waals surface area contributed by atoms with Crippen LogP contribution < -0.4 is 20.5 Å². The van der Waals surface area contributed by atoms with Gasteiger partial charge in [0.25, 0.3) is 0 Å². The van der Waals surface area contributed by atoms with Crippen LogP contribution in [0.2, 0.25) is 5.02 Å². The zero-order valence-electron chi connectivity index (χ0n) is 16.9. The maximum absolute atomic E-state index is 12.7. The Morgan fingerprint density at radius 3 is 2.77 bits per heavy atom. The summed E-state index contributed by atoms with van der Waals surface area (Å²) < 4.78 is 12.9. The van der Waals surface area contributed by atoms with Gasteiger partial charge in [0.15, 0.2) is 11.5 Å². The van der Waals surface area contributed by atoms with E-state index < -0.39 is 0 Å². The van der Waals surface area contributed by atoms with Crippen molar-refractivity contribution in [3.63, 3.8) is 0 Å². The smallest absolute Gasteiger partial charge is 0.326 e. The number of benzene rings is 2. The minimum absolute atomic E-state index is 0.0734. The van der Waals surface area contributed by atoms with Crippen molar-refractivity contribution in [2.75, 3.05) is 26.3 Å². The maximum atomic E-state index is 12.7. The summed E-state index contributed by atoms with van der Waals surface area (Å²) in [6.45, 7) is 2.47. The highest BCUT2D eigenvalue weighted by molar-refractivity contribution is 6.32. The number of nitrogens with zero attached hydrogens (tertiary/aromatic N) is 2. The molecule has 3 heterocycles. The largest absolute Gasteiger partial charge is 0.486 e. The number of carbonyl (C=O) groups excluding carboxylic acids is 1. The third-order valence-electron chi connectivity index (χ3n) is 5.84. The van der Waals surface area contributed by atoms with Gasteiger partial charge >= 0.3 is 11.7 Å². The normalized spacial score (nSPS) is 16.5. The summed E-state index contributed by atoms with van der Waals surface area (Å²) in [4.78, 5) is 29.8. The number of halogens is 1. The van der Waals surface area contributed by atoms with E-state index in [0.717, 1.165) is 29.4 Å². The van der Waals surface area contributed by atoms with Crippen LogP contribution in [0.25, 0.3) is 11.0 Å². The van der Waals surface area contributed by atoms with Crippen LogP contribution in [0.1, 0.15) is 24.4 Å². The van der Waals surface area contributed by atoms with Crippen molar-refractivity contribution in [1.29, 1.82) is 0 Å². The minimum atomic E-state index is -0.129. The summed E-state index contributed by atoms with van der Waals surface area (Å²) in [5.41, 5.74) is 2.50. The number of H-pyrrole nitrogens is 1. The number of amides is 2. The molecular formula is C22H23ClN4O4. The Morgan fingerprint density at radius 1 is 1.16 bits per heavy atom. The van der Waals surface area contributed by atoms with Gasteiger partial charge in [0.2, 0.25) is 0 Å². The van der Waals surface area contributed by atoms with E-state index in [4.69, 9.17) is 21.1 Å². The SMILES string of the molecule is O=C(NCc1cc(Cl)c2c(c1)OCCO2)N1CCC(n2c(=O)[nH]c3ccccc32)CC1. The van der Waals surface area contributed by atoms with Gasteiger partial charge in [-0.1, -0.05) is 23.7 Å². The first-order valence-corrected chi connectivity index (χ1v) is 10.8. The Hall–Kier alpha value is -3.13. The molecule has 31 heavy (non-hydrogen) atoms. The minimum Gasteiger partial charge on any atom is -0.486 e. The molecule has 0 atom stereocenters. The van der Waals surface area contributed by atoms with E-state index in [-0.39, 0.29) is 17.8 Å². The van der Waals surface area contributed by atoms with Gasteiger partial charge in [0.1, 0.15) is 13.2 Å². The number of carbonyl (C=O) groups is 1. The van der Waals surface area contributed by atoms with Gasteiger partial charge in [0, 0.05) is 25.7 Å². The van der Waals surface area contributed by atoms with E-state index in [1.165, 1.54) is 0 Å².